The Hall–Kier alpha value is -0.940. The van der Waals surface area contributed by atoms with Crippen LogP contribution in [-0.2, 0) is 6.42 Å². The van der Waals surface area contributed by atoms with E-state index in [2.05, 4.69) is 38.1 Å². The van der Waals surface area contributed by atoms with Gasteiger partial charge in [-0.2, -0.15) is 0 Å². The number of thiazole rings is 1. The minimum atomic E-state index is 0.886. The number of hydrogen-bond donors (Lipinski definition) is 1. The van der Waals surface area contributed by atoms with Gasteiger partial charge in [0.05, 0.1) is 10.7 Å². The summed E-state index contributed by atoms with van der Waals surface area (Å²) in [6, 6.07) is 3.95. The first kappa shape index (κ1) is 12.5. The van der Waals surface area contributed by atoms with Gasteiger partial charge in [-0.15, -0.1) is 11.3 Å². The van der Waals surface area contributed by atoms with Crippen molar-refractivity contribution in [2.75, 3.05) is 11.9 Å². The van der Waals surface area contributed by atoms with Gasteiger partial charge in [-0.1, -0.05) is 0 Å². The predicted octanol–water partition coefficient (Wildman–Crippen LogP) is 3.57. The van der Waals surface area contributed by atoms with Crippen molar-refractivity contribution in [2.45, 2.75) is 20.3 Å². The van der Waals surface area contributed by atoms with E-state index < -0.39 is 0 Å². The Labute approximate surface area is 113 Å². The highest BCUT2D eigenvalue weighted by atomic mass is 79.9. The fraction of sp³-hybridized carbons (Fsp3) is 0.333. The van der Waals surface area contributed by atoms with Crippen molar-refractivity contribution in [3.05, 3.63) is 38.4 Å². The fourth-order valence-corrected chi connectivity index (χ4v) is 2.76. The van der Waals surface area contributed by atoms with Gasteiger partial charge in [0.2, 0.25) is 0 Å². The van der Waals surface area contributed by atoms with Crippen LogP contribution in [0.2, 0.25) is 0 Å². The molecule has 2 rings (SSSR count). The zero-order valence-corrected chi connectivity index (χ0v) is 12.2. The molecule has 0 unspecified atom stereocenters. The van der Waals surface area contributed by atoms with Crippen molar-refractivity contribution in [1.82, 2.24) is 9.97 Å². The van der Waals surface area contributed by atoms with Crippen LogP contribution in [0.5, 0.6) is 0 Å². The molecule has 0 atom stereocenters. The molecule has 0 aliphatic heterocycles. The average Bonchev–Trinajstić information content (AvgIpc) is 2.60. The van der Waals surface area contributed by atoms with E-state index in [9.17, 15) is 0 Å². The smallest absolute Gasteiger partial charge is 0.125 e. The maximum atomic E-state index is 4.42. The largest absolute Gasteiger partial charge is 0.370 e. The van der Waals surface area contributed by atoms with Gasteiger partial charge in [-0.3, -0.25) is 0 Å². The number of aromatic nitrogens is 2. The molecule has 17 heavy (non-hydrogen) atoms. The molecule has 3 nitrogen and oxygen atoms in total. The van der Waals surface area contributed by atoms with Gasteiger partial charge in [0, 0.05) is 28.5 Å². The lowest BCUT2D eigenvalue weighted by Gasteiger charge is -2.04. The van der Waals surface area contributed by atoms with Crippen LogP contribution in [0, 0.1) is 13.8 Å². The van der Waals surface area contributed by atoms with E-state index >= 15 is 0 Å². The fourth-order valence-electron chi connectivity index (χ4n) is 1.59. The molecule has 0 aliphatic carbocycles. The van der Waals surface area contributed by atoms with Crippen LogP contribution in [0.4, 0.5) is 5.82 Å². The van der Waals surface area contributed by atoms with Crippen molar-refractivity contribution in [1.29, 1.82) is 0 Å². The third-order valence-electron chi connectivity index (χ3n) is 2.39. The molecule has 0 fully saturated rings. The number of anilines is 1. The molecule has 5 heteroatoms. The number of nitrogens with one attached hydrogen (secondary N) is 1. The van der Waals surface area contributed by atoms with E-state index in [4.69, 9.17) is 0 Å². The van der Waals surface area contributed by atoms with Crippen molar-refractivity contribution in [3.8, 4) is 0 Å². The minimum absolute atomic E-state index is 0.886. The Bertz CT molecular complexity index is 493. The number of rotatable bonds is 4. The minimum Gasteiger partial charge on any atom is -0.370 e. The molecular formula is C12H14BrN3S. The third-order valence-corrected chi connectivity index (χ3v) is 3.99. The highest BCUT2D eigenvalue weighted by Crippen LogP contribution is 2.17. The van der Waals surface area contributed by atoms with Crippen LogP contribution in [0.1, 0.15) is 15.6 Å². The standard InChI is InChI=1S/C12H14BrN3S/c1-8-11(17-9(2)16-8)5-6-14-12-4-3-10(13)7-15-12/h3-4,7H,5-6H2,1-2H3,(H,14,15). The summed E-state index contributed by atoms with van der Waals surface area (Å²) in [6.45, 7) is 5.00. The van der Waals surface area contributed by atoms with Gasteiger partial charge in [0.1, 0.15) is 5.82 Å². The van der Waals surface area contributed by atoms with Crippen LogP contribution in [0.3, 0.4) is 0 Å². The lowest BCUT2D eigenvalue weighted by Crippen LogP contribution is -2.05. The first-order valence-corrected chi connectivity index (χ1v) is 7.04. The molecule has 0 spiro atoms. The zero-order valence-electron chi connectivity index (χ0n) is 9.83. The summed E-state index contributed by atoms with van der Waals surface area (Å²) in [6.07, 6.45) is 2.79. The Morgan fingerprint density at radius 1 is 1.35 bits per heavy atom. The molecule has 2 aromatic rings. The normalized spacial score (nSPS) is 10.5. The third kappa shape index (κ3) is 3.51. The lowest BCUT2D eigenvalue weighted by atomic mass is 10.3. The van der Waals surface area contributed by atoms with E-state index in [0.717, 1.165) is 34.0 Å². The number of aryl methyl sites for hydroxylation is 2. The van der Waals surface area contributed by atoms with Crippen molar-refractivity contribution < 1.29 is 0 Å². The molecule has 0 saturated carbocycles. The maximum Gasteiger partial charge on any atom is 0.125 e. The van der Waals surface area contributed by atoms with Crippen molar-refractivity contribution in [3.63, 3.8) is 0 Å². The summed E-state index contributed by atoms with van der Waals surface area (Å²) < 4.78 is 0.997. The van der Waals surface area contributed by atoms with Crippen LogP contribution < -0.4 is 5.32 Å². The molecule has 1 N–H and O–H groups in total. The van der Waals surface area contributed by atoms with Gasteiger partial charge >= 0.3 is 0 Å². The summed E-state index contributed by atoms with van der Waals surface area (Å²) >= 11 is 5.14. The molecule has 0 saturated heterocycles. The Kier molecular flexibility index (Phi) is 4.12. The first-order chi connectivity index (χ1) is 8.15. The van der Waals surface area contributed by atoms with E-state index in [0.29, 0.717) is 0 Å². The molecule has 90 valence electrons. The van der Waals surface area contributed by atoms with E-state index in [1.54, 1.807) is 17.5 Å². The van der Waals surface area contributed by atoms with Crippen molar-refractivity contribution in [2.24, 2.45) is 0 Å². The first-order valence-electron chi connectivity index (χ1n) is 5.43. The van der Waals surface area contributed by atoms with Crippen molar-refractivity contribution >= 4 is 33.1 Å². The second kappa shape index (κ2) is 5.60. The molecule has 0 radical (unpaired) electrons. The molecular weight excluding hydrogens is 298 g/mol. The highest BCUT2D eigenvalue weighted by Gasteiger charge is 2.04. The average molecular weight is 312 g/mol. The number of halogens is 1. The second-order valence-corrected chi connectivity index (χ2v) is 5.98. The van der Waals surface area contributed by atoms with E-state index in [-0.39, 0.29) is 0 Å². The van der Waals surface area contributed by atoms with Gasteiger partial charge in [0.15, 0.2) is 0 Å². The maximum absolute atomic E-state index is 4.42. The zero-order chi connectivity index (χ0) is 12.3. The summed E-state index contributed by atoms with van der Waals surface area (Å²) in [4.78, 5) is 10.0. The van der Waals surface area contributed by atoms with Crippen LogP contribution in [-0.4, -0.2) is 16.5 Å². The van der Waals surface area contributed by atoms with Gasteiger partial charge < -0.3 is 5.32 Å². The molecule has 2 aromatic heterocycles. The van der Waals surface area contributed by atoms with E-state index in [1.165, 1.54) is 4.88 Å². The summed E-state index contributed by atoms with van der Waals surface area (Å²) in [5.41, 5.74) is 1.15. The lowest BCUT2D eigenvalue weighted by molar-refractivity contribution is 1.00. The summed E-state index contributed by atoms with van der Waals surface area (Å²) in [5.74, 6) is 0.909. The summed E-state index contributed by atoms with van der Waals surface area (Å²) in [7, 11) is 0. The molecule has 0 aliphatic rings. The van der Waals surface area contributed by atoms with Gasteiger partial charge in [0.25, 0.3) is 0 Å². The Balaban J connectivity index is 1.87. The Morgan fingerprint density at radius 3 is 2.76 bits per heavy atom. The summed E-state index contributed by atoms with van der Waals surface area (Å²) in [5, 5.41) is 4.44. The molecule has 0 aromatic carbocycles. The van der Waals surface area contributed by atoms with Gasteiger partial charge in [-0.05, 0) is 41.9 Å². The van der Waals surface area contributed by atoms with Crippen LogP contribution >= 0.6 is 27.3 Å². The van der Waals surface area contributed by atoms with E-state index in [1.807, 2.05) is 19.1 Å². The van der Waals surface area contributed by atoms with Crippen LogP contribution in [0.15, 0.2) is 22.8 Å². The highest BCUT2D eigenvalue weighted by molar-refractivity contribution is 9.10. The van der Waals surface area contributed by atoms with Crippen LogP contribution in [0.25, 0.3) is 0 Å². The monoisotopic (exact) mass is 311 g/mol. The number of nitrogens with zero attached hydrogens (tertiary/aromatic N) is 2. The number of hydrogen-bond acceptors (Lipinski definition) is 4. The quantitative estimate of drug-likeness (QED) is 0.938. The topological polar surface area (TPSA) is 37.8 Å². The molecule has 2 heterocycles. The molecule has 0 bridgehead atoms. The predicted molar refractivity (Wildman–Crippen MR) is 75.7 cm³/mol. The second-order valence-electron chi connectivity index (χ2n) is 3.78. The Morgan fingerprint density at radius 2 is 2.18 bits per heavy atom. The SMILES string of the molecule is Cc1nc(C)c(CCNc2ccc(Br)cn2)s1. The molecule has 0 amide bonds. The van der Waals surface area contributed by atoms with Gasteiger partial charge in [-0.25, -0.2) is 9.97 Å². The number of pyridine rings is 1.